The van der Waals surface area contributed by atoms with Gasteiger partial charge in [-0.05, 0) is 54.3 Å². The highest BCUT2D eigenvalue weighted by atomic mass is 32.1. The third-order valence-electron chi connectivity index (χ3n) is 3.85. The van der Waals surface area contributed by atoms with Gasteiger partial charge in [0.1, 0.15) is 5.75 Å². The summed E-state index contributed by atoms with van der Waals surface area (Å²) in [5.41, 5.74) is 2.46. The van der Waals surface area contributed by atoms with Crippen LogP contribution in [0.2, 0.25) is 0 Å². The molecule has 0 radical (unpaired) electrons. The Morgan fingerprint density at radius 1 is 1.26 bits per heavy atom. The minimum absolute atomic E-state index is 0.460. The Kier molecular flexibility index (Phi) is 3.85. The van der Waals surface area contributed by atoms with Gasteiger partial charge in [-0.3, -0.25) is 0 Å². The number of benzene rings is 1. The van der Waals surface area contributed by atoms with Crippen molar-refractivity contribution in [1.82, 2.24) is 5.32 Å². The smallest absolute Gasteiger partial charge is 0.119 e. The van der Waals surface area contributed by atoms with Crippen molar-refractivity contribution in [2.75, 3.05) is 6.54 Å². The lowest BCUT2D eigenvalue weighted by molar-refractivity contribution is 0.429. The van der Waals surface area contributed by atoms with E-state index in [-0.39, 0.29) is 0 Å². The summed E-state index contributed by atoms with van der Waals surface area (Å²) in [7, 11) is 0. The van der Waals surface area contributed by atoms with Crippen LogP contribution in [0.15, 0.2) is 35.7 Å². The number of aryl methyl sites for hydroxylation is 1. The third kappa shape index (κ3) is 2.99. The van der Waals surface area contributed by atoms with Crippen LogP contribution in [0.1, 0.15) is 22.4 Å². The van der Waals surface area contributed by atoms with Crippen LogP contribution < -0.4 is 5.32 Å². The molecule has 100 valence electrons. The van der Waals surface area contributed by atoms with Crippen LogP contribution in [0, 0.1) is 0 Å². The van der Waals surface area contributed by atoms with Gasteiger partial charge in [-0.2, -0.15) is 0 Å². The van der Waals surface area contributed by atoms with Crippen LogP contribution in [-0.2, 0) is 19.3 Å². The number of rotatable bonds is 4. The minimum Gasteiger partial charge on any atom is -0.508 e. The van der Waals surface area contributed by atoms with E-state index in [4.69, 9.17) is 0 Å². The summed E-state index contributed by atoms with van der Waals surface area (Å²) in [5, 5.41) is 15.7. The highest BCUT2D eigenvalue weighted by molar-refractivity contribution is 7.09. The predicted octanol–water partition coefficient (Wildman–Crippen LogP) is 3.14. The van der Waals surface area contributed by atoms with E-state index in [9.17, 15) is 5.11 Å². The van der Waals surface area contributed by atoms with Crippen LogP contribution in [0.4, 0.5) is 0 Å². The molecule has 0 aliphatic heterocycles. The molecule has 1 heterocycles. The molecule has 0 amide bonds. The van der Waals surface area contributed by atoms with Crippen molar-refractivity contribution in [3.8, 4) is 5.75 Å². The van der Waals surface area contributed by atoms with Crippen molar-refractivity contribution in [2.45, 2.75) is 31.7 Å². The van der Waals surface area contributed by atoms with Crippen molar-refractivity contribution in [1.29, 1.82) is 0 Å². The molecule has 1 atom stereocenters. The first-order valence-electron chi connectivity index (χ1n) is 6.88. The lowest BCUT2D eigenvalue weighted by atomic mass is 9.87. The van der Waals surface area contributed by atoms with Crippen LogP contribution in [-0.4, -0.2) is 17.7 Å². The number of fused-ring (bicyclic) bond motifs is 1. The molecule has 2 N–H and O–H groups in total. The zero-order chi connectivity index (χ0) is 13.1. The SMILES string of the molecule is Oc1cccc2c1CC(NCCc1cccs1)CC2. The van der Waals surface area contributed by atoms with E-state index < -0.39 is 0 Å². The van der Waals surface area contributed by atoms with Crippen molar-refractivity contribution in [2.24, 2.45) is 0 Å². The molecule has 0 saturated carbocycles. The summed E-state index contributed by atoms with van der Waals surface area (Å²) in [6.45, 7) is 1.02. The summed E-state index contributed by atoms with van der Waals surface area (Å²) in [5.74, 6) is 0.460. The van der Waals surface area contributed by atoms with E-state index in [0.717, 1.165) is 31.4 Å². The molecule has 1 aromatic carbocycles. The maximum Gasteiger partial charge on any atom is 0.119 e. The van der Waals surface area contributed by atoms with Gasteiger partial charge in [0.25, 0.3) is 0 Å². The Bertz CT molecular complexity index is 536. The molecule has 3 heteroatoms. The first kappa shape index (κ1) is 12.7. The number of thiophene rings is 1. The molecule has 1 aliphatic rings. The summed E-state index contributed by atoms with van der Waals surface area (Å²) < 4.78 is 0. The molecule has 1 aliphatic carbocycles. The van der Waals surface area contributed by atoms with Crippen molar-refractivity contribution >= 4 is 11.3 Å². The van der Waals surface area contributed by atoms with Gasteiger partial charge in [0.15, 0.2) is 0 Å². The van der Waals surface area contributed by atoms with E-state index in [1.807, 2.05) is 17.4 Å². The van der Waals surface area contributed by atoms with Gasteiger partial charge in [0, 0.05) is 17.5 Å². The first-order chi connectivity index (χ1) is 9.33. The Morgan fingerprint density at radius 2 is 2.21 bits per heavy atom. The van der Waals surface area contributed by atoms with E-state index in [1.165, 1.54) is 16.9 Å². The van der Waals surface area contributed by atoms with Crippen LogP contribution in [0.25, 0.3) is 0 Å². The van der Waals surface area contributed by atoms with Gasteiger partial charge < -0.3 is 10.4 Å². The van der Waals surface area contributed by atoms with Gasteiger partial charge in [-0.15, -0.1) is 11.3 Å². The third-order valence-corrected chi connectivity index (χ3v) is 4.78. The number of aromatic hydroxyl groups is 1. The maximum atomic E-state index is 9.92. The fourth-order valence-electron chi connectivity index (χ4n) is 2.80. The number of phenolic OH excluding ortho intramolecular Hbond substituents is 1. The zero-order valence-corrected chi connectivity index (χ0v) is 11.7. The largest absolute Gasteiger partial charge is 0.508 e. The van der Waals surface area contributed by atoms with E-state index in [1.54, 1.807) is 6.07 Å². The molecule has 1 unspecified atom stereocenters. The maximum absolute atomic E-state index is 9.92. The second-order valence-electron chi connectivity index (χ2n) is 5.14. The Morgan fingerprint density at radius 3 is 3.05 bits per heavy atom. The van der Waals surface area contributed by atoms with Crippen LogP contribution in [0.3, 0.4) is 0 Å². The molecule has 0 saturated heterocycles. The second-order valence-corrected chi connectivity index (χ2v) is 6.17. The molecule has 2 nitrogen and oxygen atoms in total. The minimum atomic E-state index is 0.460. The second kappa shape index (κ2) is 5.76. The summed E-state index contributed by atoms with van der Waals surface area (Å²) in [4.78, 5) is 1.44. The molecule has 19 heavy (non-hydrogen) atoms. The topological polar surface area (TPSA) is 32.3 Å². The fraction of sp³-hybridized carbons (Fsp3) is 0.375. The fourth-order valence-corrected chi connectivity index (χ4v) is 3.51. The molecule has 0 bridgehead atoms. The standard InChI is InChI=1S/C16H19NOS/c18-16-5-1-3-12-6-7-13(11-15(12)16)17-9-8-14-4-2-10-19-14/h1-5,10,13,17-18H,6-9,11H2. The van der Waals surface area contributed by atoms with Gasteiger partial charge in [-0.1, -0.05) is 18.2 Å². The molecule has 0 fully saturated rings. The number of nitrogens with one attached hydrogen (secondary N) is 1. The van der Waals surface area contributed by atoms with Gasteiger partial charge in [-0.25, -0.2) is 0 Å². The molecule has 0 spiro atoms. The summed E-state index contributed by atoms with van der Waals surface area (Å²) >= 11 is 1.82. The van der Waals surface area contributed by atoms with E-state index >= 15 is 0 Å². The van der Waals surface area contributed by atoms with Crippen molar-refractivity contribution in [3.63, 3.8) is 0 Å². The van der Waals surface area contributed by atoms with Gasteiger partial charge >= 0.3 is 0 Å². The molecule has 2 aromatic rings. The Hall–Kier alpha value is -1.32. The predicted molar refractivity (Wildman–Crippen MR) is 79.9 cm³/mol. The monoisotopic (exact) mass is 273 g/mol. The lowest BCUT2D eigenvalue weighted by Gasteiger charge is -2.26. The lowest BCUT2D eigenvalue weighted by Crippen LogP contribution is -2.35. The Labute approximate surface area is 118 Å². The molecule has 1 aromatic heterocycles. The highest BCUT2D eigenvalue weighted by Crippen LogP contribution is 2.28. The van der Waals surface area contributed by atoms with Crippen molar-refractivity contribution < 1.29 is 5.11 Å². The molecular formula is C16H19NOS. The number of hydrogen-bond acceptors (Lipinski definition) is 3. The molecular weight excluding hydrogens is 254 g/mol. The quantitative estimate of drug-likeness (QED) is 0.897. The number of hydrogen-bond donors (Lipinski definition) is 2. The normalized spacial score (nSPS) is 18.2. The average molecular weight is 273 g/mol. The average Bonchev–Trinajstić information content (AvgIpc) is 2.93. The molecule has 3 rings (SSSR count). The summed E-state index contributed by atoms with van der Waals surface area (Å²) in [6.07, 6.45) is 4.29. The van der Waals surface area contributed by atoms with E-state index in [0.29, 0.717) is 11.8 Å². The van der Waals surface area contributed by atoms with Crippen molar-refractivity contribution in [3.05, 3.63) is 51.7 Å². The Balaban J connectivity index is 1.55. The number of phenols is 1. The zero-order valence-electron chi connectivity index (χ0n) is 10.9. The van der Waals surface area contributed by atoms with Gasteiger partial charge in [0.05, 0.1) is 0 Å². The summed E-state index contributed by atoms with van der Waals surface area (Å²) in [6, 6.07) is 10.7. The van der Waals surface area contributed by atoms with Gasteiger partial charge in [0.2, 0.25) is 0 Å². The first-order valence-corrected chi connectivity index (χ1v) is 7.76. The van der Waals surface area contributed by atoms with Crippen LogP contribution >= 0.6 is 11.3 Å². The highest BCUT2D eigenvalue weighted by Gasteiger charge is 2.20. The van der Waals surface area contributed by atoms with E-state index in [2.05, 4.69) is 28.9 Å². The van der Waals surface area contributed by atoms with Crippen LogP contribution in [0.5, 0.6) is 5.75 Å².